The van der Waals surface area contributed by atoms with Crippen LogP contribution in [0.15, 0.2) is 35.3 Å². The van der Waals surface area contributed by atoms with E-state index in [4.69, 9.17) is 4.99 Å². The summed E-state index contributed by atoms with van der Waals surface area (Å²) in [5, 5.41) is 4.08. The molecule has 0 radical (unpaired) electrons. The summed E-state index contributed by atoms with van der Waals surface area (Å²) in [5.74, 6) is 1.02. The highest BCUT2D eigenvalue weighted by Crippen LogP contribution is 2.28. The van der Waals surface area contributed by atoms with Crippen LogP contribution >= 0.6 is 11.8 Å². The maximum atomic E-state index is 12.2. The van der Waals surface area contributed by atoms with Crippen LogP contribution in [0.5, 0.6) is 0 Å². The van der Waals surface area contributed by atoms with Gasteiger partial charge in [-0.15, -0.1) is 0 Å². The number of benzene rings is 1. The molecule has 1 aromatic rings. The van der Waals surface area contributed by atoms with Crippen molar-refractivity contribution >= 4 is 28.5 Å². The summed E-state index contributed by atoms with van der Waals surface area (Å²) in [6.07, 6.45) is 5.56. The third kappa shape index (κ3) is 3.83. The minimum Gasteiger partial charge on any atom is -0.350 e. The number of anilines is 1. The average Bonchev–Trinajstić information content (AvgIpc) is 3.14. The standard InChI is InChI=1S/C17H23N3OS/c1-20-15(11-16(21)18-13-7-3-2-4-8-13)12-22-17(20)19-14-9-5-6-10-14/h2-4,7-8,14-15H,5-6,9-12H2,1H3,(H,18,21). The van der Waals surface area contributed by atoms with E-state index in [0.717, 1.165) is 16.6 Å². The summed E-state index contributed by atoms with van der Waals surface area (Å²) >= 11 is 1.79. The summed E-state index contributed by atoms with van der Waals surface area (Å²) in [7, 11) is 2.06. The van der Waals surface area contributed by atoms with Gasteiger partial charge < -0.3 is 10.2 Å². The van der Waals surface area contributed by atoms with Crippen molar-refractivity contribution in [3.63, 3.8) is 0 Å². The summed E-state index contributed by atoms with van der Waals surface area (Å²) in [6.45, 7) is 0. The molecule has 118 valence electrons. The van der Waals surface area contributed by atoms with Crippen LogP contribution in [0.1, 0.15) is 32.1 Å². The number of carbonyl (C=O) groups is 1. The predicted molar refractivity (Wildman–Crippen MR) is 93.4 cm³/mol. The number of nitrogens with zero attached hydrogens (tertiary/aromatic N) is 2. The number of nitrogens with one attached hydrogen (secondary N) is 1. The normalized spacial score (nSPS) is 24.1. The lowest BCUT2D eigenvalue weighted by molar-refractivity contribution is -0.116. The van der Waals surface area contributed by atoms with Crippen LogP contribution in [-0.4, -0.2) is 40.9 Å². The van der Waals surface area contributed by atoms with E-state index in [1.807, 2.05) is 30.3 Å². The van der Waals surface area contributed by atoms with Crippen molar-refractivity contribution in [1.29, 1.82) is 0 Å². The molecule has 1 unspecified atom stereocenters. The van der Waals surface area contributed by atoms with Crippen LogP contribution in [0.4, 0.5) is 5.69 Å². The van der Waals surface area contributed by atoms with Crippen molar-refractivity contribution in [2.24, 2.45) is 4.99 Å². The first-order chi connectivity index (χ1) is 10.7. The monoisotopic (exact) mass is 317 g/mol. The highest BCUT2D eigenvalue weighted by Gasteiger charge is 2.30. The number of rotatable bonds is 4. The fourth-order valence-electron chi connectivity index (χ4n) is 3.00. The molecule has 1 saturated heterocycles. The van der Waals surface area contributed by atoms with Crippen LogP contribution in [-0.2, 0) is 4.79 Å². The molecule has 1 amide bonds. The van der Waals surface area contributed by atoms with Crippen LogP contribution in [0.25, 0.3) is 0 Å². The van der Waals surface area contributed by atoms with Gasteiger partial charge in [-0.1, -0.05) is 42.8 Å². The van der Waals surface area contributed by atoms with Crippen LogP contribution in [0.3, 0.4) is 0 Å². The highest BCUT2D eigenvalue weighted by molar-refractivity contribution is 8.14. The first-order valence-corrected chi connectivity index (χ1v) is 8.99. The van der Waals surface area contributed by atoms with Crippen molar-refractivity contribution in [3.8, 4) is 0 Å². The number of hydrogen-bond acceptors (Lipinski definition) is 3. The Labute approximate surface area is 136 Å². The summed E-state index contributed by atoms with van der Waals surface area (Å²) in [6, 6.07) is 10.4. The van der Waals surface area contributed by atoms with Crippen molar-refractivity contribution in [2.45, 2.75) is 44.2 Å². The number of thioether (sulfide) groups is 1. The Morgan fingerprint density at radius 2 is 2.05 bits per heavy atom. The Hall–Kier alpha value is -1.49. The van der Waals surface area contributed by atoms with Crippen LogP contribution in [0.2, 0.25) is 0 Å². The van der Waals surface area contributed by atoms with E-state index in [2.05, 4.69) is 17.3 Å². The number of amides is 1. The molecule has 5 heteroatoms. The fraction of sp³-hybridized carbons (Fsp3) is 0.529. The van der Waals surface area contributed by atoms with Crippen LogP contribution < -0.4 is 5.32 Å². The SMILES string of the molecule is CN1C(=NC2CCCC2)SCC1CC(=O)Nc1ccccc1. The first-order valence-electron chi connectivity index (χ1n) is 8.00. The van der Waals surface area contributed by atoms with Gasteiger partial charge in [-0.2, -0.15) is 0 Å². The summed E-state index contributed by atoms with van der Waals surface area (Å²) in [5.41, 5.74) is 0.862. The molecule has 0 spiro atoms. The smallest absolute Gasteiger partial charge is 0.226 e. The topological polar surface area (TPSA) is 44.7 Å². The lowest BCUT2D eigenvalue weighted by Crippen LogP contribution is -2.34. The van der Waals surface area contributed by atoms with Gasteiger partial charge in [0.1, 0.15) is 0 Å². The van der Waals surface area contributed by atoms with Crippen molar-refractivity contribution in [3.05, 3.63) is 30.3 Å². The molecule has 1 heterocycles. The zero-order chi connectivity index (χ0) is 15.4. The Morgan fingerprint density at radius 1 is 1.32 bits per heavy atom. The predicted octanol–water partition coefficient (Wildman–Crippen LogP) is 3.36. The second-order valence-electron chi connectivity index (χ2n) is 6.04. The van der Waals surface area contributed by atoms with Crippen molar-refractivity contribution < 1.29 is 4.79 Å². The molecule has 1 atom stereocenters. The Bertz CT molecular complexity index is 540. The maximum absolute atomic E-state index is 12.2. The zero-order valence-corrected chi connectivity index (χ0v) is 13.8. The van der Waals surface area contributed by atoms with Crippen molar-refractivity contribution in [2.75, 3.05) is 18.1 Å². The van der Waals surface area contributed by atoms with E-state index < -0.39 is 0 Å². The van der Waals surface area contributed by atoms with E-state index in [1.165, 1.54) is 25.7 Å². The maximum Gasteiger partial charge on any atom is 0.226 e. The molecule has 3 rings (SSSR count). The van der Waals surface area contributed by atoms with Crippen LogP contribution in [0, 0.1) is 0 Å². The summed E-state index contributed by atoms with van der Waals surface area (Å²) in [4.78, 5) is 19.2. The van der Waals surface area contributed by atoms with E-state index in [-0.39, 0.29) is 11.9 Å². The molecule has 0 bridgehead atoms. The van der Waals surface area contributed by atoms with Gasteiger partial charge in [0.2, 0.25) is 5.91 Å². The third-order valence-corrected chi connectivity index (χ3v) is 5.55. The van der Waals surface area contributed by atoms with E-state index in [1.54, 1.807) is 11.8 Å². The van der Waals surface area contributed by atoms with Gasteiger partial charge in [-0.05, 0) is 25.0 Å². The number of carbonyl (C=O) groups excluding carboxylic acids is 1. The van der Waals surface area contributed by atoms with E-state index >= 15 is 0 Å². The number of aliphatic imine (C=N–C) groups is 1. The Kier molecular flexibility index (Phi) is 5.03. The van der Waals surface area contributed by atoms with Gasteiger partial charge in [-0.3, -0.25) is 9.79 Å². The lowest BCUT2D eigenvalue weighted by Gasteiger charge is -2.21. The van der Waals surface area contributed by atoms with E-state index in [9.17, 15) is 4.79 Å². The largest absolute Gasteiger partial charge is 0.350 e. The number of para-hydroxylation sites is 1. The number of hydrogen-bond donors (Lipinski definition) is 1. The Morgan fingerprint density at radius 3 is 2.77 bits per heavy atom. The van der Waals surface area contributed by atoms with Gasteiger partial charge in [0.05, 0.1) is 6.04 Å². The molecule has 0 aromatic heterocycles. The molecule has 1 aliphatic carbocycles. The van der Waals surface area contributed by atoms with Gasteiger partial charge in [0.15, 0.2) is 5.17 Å². The molecule has 1 N–H and O–H groups in total. The molecule has 1 aromatic carbocycles. The average molecular weight is 317 g/mol. The van der Waals surface area contributed by atoms with Crippen molar-refractivity contribution in [1.82, 2.24) is 4.90 Å². The first kappa shape index (κ1) is 15.4. The van der Waals surface area contributed by atoms with Gasteiger partial charge >= 0.3 is 0 Å². The van der Waals surface area contributed by atoms with E-state index in [0.29, 0.717) is 12.5 Å². The molecule has 4 nitrogen and oxygen atoms in total. The molecule has 2 fully saturated rings. The molecule has 22 heavy (non-hydrogen) atoms. The fourth-order valence-corrected chi connectivity index (χ4v) is 4.26. The second kappa shape index (κ2) is 7.18. The summed E-state index contributed by atoms with van der Waals surface area (Å²) < 4.78 is 0. The third-order valence-electron chi connectivity index (χ3n) is 4.35. The quantitative estimate of drug-likeness (QED) is 0.926. The van der Waals surface area contributed by atoms with Gasteiger partial charge in [0, 0.05) is 31.0 Å². The minimum atomic E-state index is 0.0748. The molecule has 2 aliphatic rings. The highest BCUT2D eigenvalue weighted by atomic mass is 32.2. The lowest BCUT2D eigenvalue weighted by atomic mass is 10.2. The number of amidine groups is 1. The molecular formula is C17H23N3OS. The molecule has 1 aliphatic heterocycles. The molecule has 1 saturated carbocycles. The zero-order valence-electron chi connectivity index (χ0n) is 13.0. The molecular weight excluding hydrogens is 294 g/mol. The Balaban J connectivity index is 1.54. The van der Waals surface area contributed by atoms with Gasteiger partial charge in [0.25, 0.3) is 0 Å². The second-order valence-corrected chi connectivity index (χ2v) is 7.03. The minimum absolute atomic E-state index is 0.0748. The van der Waals surface area contributed by atoms with Gasteiger partial charge in [-0.25, -0.2) is 0 Å².